The van der Waals surface area contributed by atoms with Crippen LogP contribution in [0.5, 0.6) is 5.75 Å². The fourth-order valence-electron chi connectivity index (χ4n) is 5.01. The number of hydrogen-bond donors (Lipinski definition) is 1. The fraction of sp³-hybridized carbons (Fsp3) is 0.632. The maximum atomic E-state index is 12.8. The van der Waals surface area contributed by atoms with Crippen molar-refractivity contribution in [1.82, 2.24) is 20.1 Å². The number of alkyl halides is 3. The van der Waals surface area contributed by atoms with Crippen molar-refractivity contribution in [2.45, 2.75) is 43.5 Å². The highest BCUT2D eigenvalue weighted by atomic mass is 19.4. The Morgan fingerprint density at radius 1 is 1.17 bits per heavy atom. The smallest absolute Gasteiger partial charge is 0.418 e. The predicted octanol–water partition coefficient (Wildman–Crippen LogP) is 2.03. The van der Waals surface area contributed by atoms with Crippen LogP contribution in [0, 0.1) is 5.41 Å². The van der Waals surface area contributed by atoms with E-state index in [2.05, 4.69) is 10.3 Å². The average Bonchev–Trinajstić information content (AvgIpc) is 2.96. The third-order valence-corrected chi connectivity index (χ3v) is 6.48. The van der Waals surface area contributed by atoms with Crippen molar-refractivity contribution < 1.29 is 27.5 Å². The molecule has 1 aromatic heterocycles. The van der Waals surface area contributed by atoms with Crippen LogP contribution in [0.15, 0.2) is 18.5 Å². The lowest BCUT2D eigenvalue weighted by molar-refractivity contribution is -0.138. The van der Waals surface area contributed by atoms with E-state index >= 15 is 0 Å². The number of rotatable bonds is 2. The van der Waals surface area contributed by atoms with Crippen molar-refractivity contribution in [3.63, 3.8) is 0 Å². The van der Waals surface area contributed by atoms with Gasteiger partial charge in [0.15, 0.2) is 0 Å². The molecule has 2 spiro atoms. The third-order valence-electron chi connectivity index (χ3n) is 6.48. The van der Waals surface area contributed by atoms with Crippen LogP contribution in [-0.2, 0) is 11.0 Å². The Balaban J connectivity index is 1.08. The standard InChI is InChI=1S/C19H21F3N4O3/c20-19(21,22)12-3-13(7-23-6-12)29-14-4-17(5-14)8-25(9-17)16(28)26-10-18(11-26)2-1-15(27)24-18/h3,6-7,14H,1-2,4-5,8-11H2,(H,24,27). The number of pyridine rings is 1. The van der Waals surface area contributed by atoms with Gasteiger partial charge in [-0.2, -0.15) is 13.2 Å². The highest BCUT2D eigenvalue weighted by molar-refractivity contribution is 5.82. The van der Waals surface area contributed by atoms with Gasteiger partial charge in [0.25, 0.3) is 0 Å². The van der Waals surface area contributed by atoms with Crippen molar-refractivity contribution in [2.24, 2.45) is 5.41 Å². The van der Waals surface area contributed by atoms with E-state index in [1.165, 1.54) is 6.20 Å². The molecule has 3 amide bonds. The molecule has 4 heterocycles. The highest BCUT2D eigenvalue weighted by Gasteiger charge is 2.57. The van der Waals surface area contributed by atoms with Gasteiger partial charge in [-0.25, -0.2) is 4.79 Å². The van der Waals surface area contributed by atoms with Crippen LogP contribution in [0.1, 0.15) is 31.2 Å². The van der Waals surface area contributed by atoms with Crippen LogP contribution >= 0.6 is 0 Å². The Hall–Kier alpha value is -2.52. The Kier molecular flexibility index (Phi) is 3.82. The molecule has 1 N–H and O–H groups in total. The van der Waals surface area contributed by atoms with Crippen LogP contribution in [-0.4, -0.2) is 64.5 Å². The number of aromatic nitrogens is 1. The summed E-state index contributed by atoms with van der Waals surface area (Å²) in [5.74, 6) is 0.174. The first kappa shape index (κ1) is 18.5. The van der Waals surface area contributed by atoms with Gasteiger partial charge in [0.05, 0.1) is 17.3 Å². The SMILES string of the molecule is O=C1CCC2(CN(C(=O)N3CC4(CC(Oc5cncc(C(F)(F)F)c5)C4)C3)C2)N1. The Bertz CT molecular complexity index is 855. The minimum atomic E-state index is -4.45. The number of nitrogens with zero attached hydrogens (tertiary/aromatic N) is 3. The van der Waals surface area contributed by atoms with Gasteiger partial charge in [0.1, 0.15) is 11.9 Å². The number of carbonyl (C=O) groups excluding carboxylic acids is 2. The summed E-state index contributed by atoms with van der Waals surface area (Å²) in [5.41, 5.74) is -1.03. The molecule has 7 nitrogen and oxygen atoms in total. The van der Waals surface area contributed by atoms with Crippen LogP contribution in [0.25, 0.3) is 0 Å². The van der Waals surface area contributed by atoms with E-state index < -0.39 is 11.7 Å². The summed E-state index contributed by atoms with van der Waals surface area (Å²) in [6.07, 6.45) is 0.206. The molecule has 29 heavy (non-hydrogen) atoms. The second-order valence-electron chi connectivity index (χ2n) is 8.88. The van der Waals surface area contributed by atoms with E-state index in [9.17, 15) is 22.8 Å². The van der Waals surface area contributed by atoms with Gasteiger partial charge in [-0.15, -0.1) is 0 Å². The molecule has 1 aliphatic carbocycles. The van der Waals surface area contributed by atoms with E-state index in [4.69, 9.17) is 4.74 Å². The molecule has 3 aliphatic heterocycles. The summed E-state index contributed by atoms with van der Waals surface area (Å²) in [6, 6.07) is 0.963. The van der Waals surface area contributed by atoms with Crippen molar-refractivity contribution in [1.29, 1.82) is 0 Å². The average molecular weight is 410 g/mol. The zero-order chi connectivity index (χ0) is 20.4. The minimum Gasteiger partial charge on any atom is -0.489 e. The zero-order valence-electron chi connectivity index (χ0n) is 15.7. The molecule has 0 atom stereocenters. The number of amides is 3. The minimum absolute atomic E-state index is 0.00570. The largest absolute Gasteiger partial charge is 0.489 e. The summed E-state index contributed by atoms with van der Waals surface area (Å²) in [5, 5.41) is 2.96. The van der Waals surface area contributed by atoms with Gasteiger partial charge >= 0.3 is 12.2 Å². The van der Waals surface area contributed by atoms with Crippen LogP contribution in [0.4, 0.5) is 18.0 Å². The molecule has 3 saturated heterocycles. The zero-order valence-corrected chi connectivity index (χ0v) is 15.7. The first-order valence-corrected chi connectivity index (χ1v) is 9.69. The molecule has 1 saturated carbocycles. The topological polar surface area (TPSA) is 74.8 Å². The molecule has 1 aromatic rings. The Morgan fingerprint density at radius 3 is 2.48 bits per heavy atom. The fourth-order valence-corrected chi connectivity index (χ4v) is 5.01. The van der Waals surface area contributed by atoms with E-state index in [0.29, 0.717) is 45.4 Å². The van der Waals surface area contributed by atoms with Crippen LogP contribution in [0.3, 0.4) is 0 Å². The van der Waals surface area contributed by atoms with Gasteiger partial charge in [0.2, 0.25) is 5.91 Å². The molecule has 0 bridgehead atoms. The molecule has 0 aromatic carbocycles. The lowest BCUT2D eigenvalue weighted by Crippen LogP contribution is -2.74. The molecular formula is C19H21F3N4O3. The highest BCUT2D eigenvalue weighted by Crippen LogP contribution is 2.50. The molecule has 0 unspecified atom stereocenters. The number of nitrogens with one attached hydrogen (secondary N) is 1. The second-order valence-corrected chi connectivity index (χ2v) is 8.88. The molecule has 4 fully saturated rings. The van der Waals surface area contributed by atoms with Crippen molar-refractivity contribution in [3.8, 4) is 5.75 Å². The predicted molar refractivity (Wildman–Crippen MR) is 94.0 cm³/mol. The maximum Gasteiger partial charge on any atom is 0.418 e. The van der Waals surface area contributed by atoms with E-state index in [-0.39, 0.29) is 34.7 Å². The molecular weight excluding hydrogens is 389 g/mol. The number of likely N-dealkylation sites (tertiary alicyclic amines) is 2. The summed E-state index contributed by atoms with van der Waals surface area (Å²) in [7, 11) is 0. The number of hydrogen-bond acceptors (Lipinski definition) is 4. The van der Waals surface area contributed by atoms with Crippen molar-refractivity contribution in [2.75, 3.05) is 26.2 Å². The number of carbonyl (C=O) groups is 2. The second kappa shape index (κ2) is 5.99. The quantitative estimate of drug-likeness (QED) is 0.810. The monoisotopic (exact) mass is 410 g/mol. The maximum absolute atomic E-state index is 12.8. The molecule has 10 heteroatoms. The van der Waals surface area contributed by atoms with Crippen LogP contribution < -0.4 is 10.1 Å². The van der Waals surface area contributed by atoms with Gasteiger partial charge in [0, 0.05) is 44.2 Å². The molecule has 156 valence electrons. The van der Waals surface area contributed by atoms with Crippen molar-refractivity contribution >= 4 is 11.9 Å². The van der Waals surface area contributed by atoms with E-state index in [1.807, 2.05) is 0 Å². The van der Waals surface area contributed by atoms with Crippen LogP contribution in [0.2, 0.25) is 0 Å². The molecule has 5 rings (SSSR count). The first-order chi connectivity index (χ1) is 13.7. The normalized spacial score (nSPS) is 24.7. The van der Waals surface area contributed by atoms with Gasteiger partial charge in [-0.1, -0.05) is 0 Å². The summed E-state index contributed by atoms with van der Waals surface area (Å²) in [6.45, 7) is 2.41. The number of urea groups is 1. The Morgan fingerprint density at radius 2 is 1.86 bits per heavy atom. The summed E-state index contributed by atoms with van der Waals surface area (Å²) >= 11 is 0. The number of ether oxygens (including phenoxy) is 1. The molecule has 0 radical (unpaired) electrons. The molecule has 4 aliphatic rings. The Labute approximate surface area is 165 Å². The summed E-state index contributed by atoms with van der Waals surface area (Å²) < 4.78 is 43.9. The van der Waals surface area contributed by atoms with Gasteiger partial charge in [-0.3, -0.25) is 9.78 Å². The first-order valence-electron chi connectivity index (χ1n) is 9.69. The lowest BCUT2D eigenvalue weighted by atomic mass is 9.62. The van der Waals surface area contributed by atoms with E-state index in [0.717, 1.165) is 18.7 Å². The van der Waals surface area contributed by atoms with Crippen molar-refractivity contribution in [3.05, 3.63) is 24.0 Å². The van der Waals surface area contributed by atoms with Gasteiger partial charge < -0.3 is 19.9 Å². The van der Waals surface area contributed by atoms with E-state index in [1.54, 1.807) is 9.80 Å². The summed E-state index contributed by atoms with van der Waals surface area (Å²) in [4.78, 5) is 31.1. The lowest BCUT2D eigenvalue weighted by Gasteiger charge is -2.60. The van der Waals surface area contributed by atoms with Gasteiger partial charge in [-0.05, 0) is 25.3 Å². The number of halogens is 3. The third kappa shape index (κ3) is 3.18.